The summed E-state index contributed by atoms with van der Waals surface area (Å²) in [7, 11) is 2.18. The predicted molar refractivity (Wildman–Crippen MR) is 59.6 cm³/mol. The van der Waals surface area contributed by atoms with Gasteiger partial charge < -0.3 is 10.2 Å². The van der Waals surface area contributed by atoms with Crippen molar-refractivity contribution in [2.45, 2.75) is 25.9 Å². The Hall–Kier alpha value is -0.450. The maximum atomic E-state index is 4.24. The molecule has 0 saturated carbocycles. The second kappa shape index (κ2) is 4.38. The number of nitrogens with one attached hydrogen (secondary N) is 1. The first kappa shape index (κ1) is 10.1. The fraction of sp³-hybridized carbons (Fsp3) is 0.700. The summed E-state index contributed by atoms with van der Waals surface area (Å²) in [6.07, 6.45) is 3.25. The maximum Gasteiger partial charge on any atom is 0.0897 e. The molecule has 1 unspecified atom stereocenters. The van der Waals surface area contributed by atoms with Gasteiger partial charge in [0.2, 0.25) is 0 Å². The van der Waals surface area contributed by atoms with Gasteiger partial charge in [-0.3, -0.25) is 0 Å². The molecule has 0 amide bonds. The highest BCUT2D eigenvalue weighted by molar-refractivity contribution is 7.11. The molecule has 0 bridgehead atoms. The van der Waals surface area contributed by atoms with E-state index in [2.05, 4.69) is 29.2 Å². The molecule has 1 aliphatic heterocycles. The summed E-state index contributed by atoms with van der Waals surface area (Å²) in [5.41, 5.74) is 0. The van der Waals surface area contributed by atoms with Crippen LogP contribution in [0.5, 0.6) is 0 Å². The van der Waals surface area contributed by atoms with Crippen molar-refractivity contribution in [2.24, 2.45) is 0 Å². The Morgan fingerprint density at radius 2 is 2.57 bits per heavy atom. The summed E-state index contributed by atoms with van der Waals surface area (Å²) in [4.78, 5) is 7.96. The maximum absolute atomic E-state index is 4.24. The molecule has 1 aliphatic rings. The lowest BCUT2D eigenvalue weighted by Gasteiger charge is -2.11. The summed E-state index contributed by atoms with van der Waals surface area (Å²) >= 11 is 1.78. The summed E-state index contributed by atoms with van der Waals surface area (Å²) < 4.78 is 0. The van der Waals surface area contributed by atoms with Crippen LogP contribution in [-0.2, 0) is 6.54 Å². The number of likely N-dealkylation sites (tertiary alicyclic amines) is 1. The smallest absolute Gasteiger partial charge is 0.0897 e. The normalized spacial score (nSPS) is 23.1. The average molecular weight is 211 g/mol. The van der Waals surface area contributed by atoms with Crippen LogP contribution in [0.25, 0.3) is 0 Å². The molecule has 0 aromatic carbocycles. The fourth-order valence-electron chi connectivity index (χ4n) is 1.83. The standard InChI is InChI=1S/C10H17N3S/c1-8-11-5-10(14-8)6-12-9-3-4-13(2)7-9/h5,9,12H,3-4,6-7H2,1-2H3. The lowest BCUT2D eigenvalue weighted by molar-refractivity contribution is 0.398. The van der Waals surface area contributed by atoms with Gasteiger partial charge in [-0.1, -0.05) is 0 Å². The zero-order valence-corrected chi connectivity index (χ0v) is 9.60. The largest absolute Gasteiger partial charge is 0.308 e. The first-order valence-electron chi connectivity index (χ1n) is 5.07. The van der Waals surface area contributed by atoms with E-state index in [4.69, 9.17) is 0 Å². The van der Waals surface area contributed by atoms with Gasteiger partial charge in [-0.2, -0.15) is 0 Å². The predicted octanol–water partition coefficient (Wildman–Crippen LogP) is 1.25. The molecule has 1 saturated heterocycles. The Balaban J connectivity index is 1.77. The number of aromatic nitrogens is 1. The number of hydrogen-bond donors (Lipinski definition) is 1. The van der Waals surface area contributed by atoms with Crippen LogP contribution in [0.1, 0.15) is 16.3 Å². The van der Waals surface area contributed by atoms with Crippen molar-refractivity contribution < 1.29 is 0 Å². The van der Waals surface area contributed by atoms with E-state index in [0.717, 1.165) is 11.6 Å². The summed E-state index contributed by atoms with van der Waals surface area (Å²) in [6, 6.07) is 0.669. The molecular formula is C10H17N3S. The van der Waals surface area contributed by atoms with Gasteiger partial charge in [0.25, 0.3) is 0 Å². The molecule has 4 heteroatoms. The molecule has 1 aromatic heterocycles. The van der Waals surface area contributed by atoms with E-state index >= 15 is 0 Å². The van der Waals surface area contributed by atoms with E-state index < -0.39 is 0 Å². The highest BCUT2D eigenvalue weighted by Gasteiger charge is 2.18. The van der Waals surface area contributed by atoms with Crippen LogP contribution in [0.3, 0.4) is 0 Å². The third-order valence-corrected chi connectivity index (χ3v) is 3.54. The van der Waals surface area contributed by atoms with Gasteiger partial charge in [0.15, 0.2) is 0 Å². The lowest BCUT2D eigenvalue weighted by Crippen LogP contribution is -2.30. The van der Waals surface area contributed by atoms with E-state index in [-0.39, 0.29) is 0 Å². The van der Waals surface area contributed by atoms with Gasteiger partial charge in [0.1, 0.15) is 0 Å². The van der Waals surface area contributed by atoms with Crippen LogP contribution < -0.4 is 5.32 Å². The molecular weight excluding hydrogens is 194 g/mol. The molecule has 1 N–H and O–H groups in total. The monoisotopic (exact) mass is 211 g/mol. The number of rotatable bonds is 3. The summed E-state index contributed by atoms with van der Waals surface area (Å²) in [6.45, 7) is 5.43. The molecule has 0 spiro atoms. The Morgan fingerprint density at radius 1 is 1.71 bits per heavy atom. The van der Waals surface area contributed by atoms with Crippen LogP contribution >= 0.6 is 11.3 Å². The molecule has 1 fully saturated rings. The van der Waals surface area contributed by atoms with Crippen molar-refractivity contribution in [3.8, 4) is 0 Å². The summed E-state index contributed by atoms with van der Waals surface area (Å²) in [5, 5.41) is 4.73. The number of likely N-dealkylation sites (N-methyl/N-ethyl adjacent to an activating group) is 1. The van der Waals surface area contributed by atoms with Crippen LogP contribution in [0, 0.1) is 6.92 Å². The number of aryl methyl sites for hydroxylation is 1. The van der Waals surface area contributed by atoms with Crippen molar-refractivity contribution >= 4 is 11.3 Å². The van der Waals surface area contributed by atoms with Crippen LogP contribution in [0.2, 0.25) is 0 Å². The second-order valence-corrected chi connectivity index (χ2v) is 5.29. The molecule has 78 valence electrons. The topological polar surface area (TPSA) is 28.2 Å². The van der Waals surface area contributed by atoms with Crippen molar-refractivity contribution in [3.05, 3.63) is 16.1 Å². The van der Waals surface area contributed by atoms with Crippen molar-refractivity contribution in [3.63, 3.8) is 0 Å². The molecule has 3 nitrogen and oxygen atoms in total. The lowest BCUT2D eigenvalue weighted by atomic mass is 10.2. The molecule has 0 radical (unpaired) electrons. The zero-order chi connectivity index (χ0) is 9.97. The fourth-order valence-corrected chi connectivity index (χ4v) is 2.58. The van der Waals surface area contributed by atoms with Crippen LogP contribution in [0.4, 0.5) is 0 Å². The molecule has 1 aromatic rings. The highest BCUT2D eigenvalue weighted by Crippen LogP contribution is 2.12. The minimum Gasteiger partial charge on any atom is -0.308 e. The van der Waals surface area contributed by atoms with Crippen LogP contribution in [-0.4, -0.2) is 36.1 Å². The van der Waals surface area contributed by atoms with Gasteiger partial charge in [0, 0.05) is 30.2 Å². The Kier molecular flexibility index (Phi) is 3.15. The number of hydrogen-bond acceptors (Lipinski definition) is 4. The van der Waals surface area contributed by atoms with Crippen molar-refractivity contribution in [1.29, 1.82) is 0 Å². The van der Waals surface area contributed by atoms with E-state index in [9.17, 15) is 0 Å². The van der Waals surface area contributed by atoms with E-state index in [1.54, 1.807) is 11.3 Å². The van der Waals surface area contributed by atoms with E-state index in [1.165, 1.54) is 24.4 Å². The van der Waals surface area contributed by atoms with Gasteiger partial charge in [-0.05, 0) is 26.9 Å². The first-order chi connectivity index (χ1) is 6.74. The molecule has 1 atom stereocenters. The molecule has 2 heterocycles. The number of thiazole rings is 1. The minimum absolute atomic E-state index is 0.669. The van der Waals surface area contributed by atoms with Gasteiger partial charge >= 0.3 is 0 Å². The van der Waals surface area contributed by atoms with E-state index in [0.29, 0.717) is 6.04 Å². The Morgan fingerprint density at radius 3 is 3.14 bits per heavy atom. The van der Waals surface area contributed by atoms with Gasteiger partial charge in [0.05, 0.1) is 5.01 Å². The Bertz CT molecular complexity index is 297. The van der Waals surface area contributed by atoms with Crippen molar-refractivity contribution in [2.75, 3.05) is 20.1 Å². The quantitative estimate of drug-likeness (QED) is 0.815. The first-order valence-corrected chi connectivity index (χ1v) is 5.89. The Labute approximate surface area is 89.1 Å². The van der Waals surface area contributed by atoms with Gasteiger partial charge in [-0.25, -0.2) is 4.98 Å². The zero-order valence-electron chi connectivity index (χ0n) is 8.79. The SMILES string of the molecule is Cc1ncc(CNC2CCN(C)C2)s1. The number of nitrogens with zero attached hydrogens (tertiary/aromatic N) is 2. The third-order valence-electron chi connectivity index (χ3n) is 2.63. The molecule has 14 heavy (non-hydrogen) atoms. The molecule has 2 rings (SSSR count). The van der Waals surface area contributed by atoms with Crippen LogP contribution in [0.15, 0.2) is 6.20 Å². The van der Waals surface area contributed by atoms with Crippen molar-refractivity contribution in [1.82, 2.24) is 15.2 Å². The summed E-state index contributed by atoms with van der Waals surface area (Å²) in [5.74, 6) is 0. The molecule has 0 aliphatic carbocycles. The third kappa shape index (κ3) is 2.53. The average Bonchev–Trinajstić information content (AvgIpc) is 2.72. The highest BCUT2D eigenvalue weighted by atomic mass is 32.1. The van der Waals surface area contributed by atoms with Gasteiger partial charge in [-0.15, -0.1) is 11.3 Å². The second-order valence-electron chi connectivity index (χ2n) is 3.97. The minimum atomic E-state index is 0.669. The van der Waals surface area contributed by atoms with E-state index in [1.807, 2.05) is 6.20 Å².